The van der Waals surface area contributed by atoms with Crippen molar-refractivity contribution in [3.63, 3.8) is 0 Å². The molecule has 4 saturated carbocycles. The molecule has 276 valence electrons. The summed E-state index contributed by atoms with van der Waals surface area (Å²) in [6.45, 7) is 4.33. The Labute approximate surface area is 296 Å². The van der Waals surface area contributed by atoms with Crippen LogP contribution in [-0.4, -0.2) is 77.4 Å². The maximum atomic E-state index is 12.6. The number of hydroxylamine groups is 1. The number of ether oxygens (including phenoxy) is 2. The first-order chi connectivity index (χ1) is 24.4. The van der Waals surface area contributed by atoms with Gasteiger partial charge in [0.25, 0.3) is 5.91 Å². The minimum atomic E-state index is -0.368. The number of nitrogens with zero attached hydrogens (tertiary/aromatic N) is 3. The smallest absolute Gasteiger partial charge is 0.251 e. The van der Waals surface area contributed by atoms with Crippen LogP contribution in [0, 0.1) is 23.2 Å². The van der Waals surface area contributed by atoms with E-state index in [9.17, 15) is 14.4 Å². The Morgan fingerprint density at radius 1 is 0.760 bits per heavy atom. The number of carbonyl (C=O) groups excluding carboxylic acids is 3. The van der Waals surface area contributed by atoms with Crippen molar-refractivity contribution in [2.24, 2.45) is 23.2 Å². The summed E-state index contributed by atoms with van der Waals surface area (Å²) in [6.07, 6.45) is 18.5. The van der Waals surface area contributed by atoms with Crippen LogP contribution in [0.15, 0.2) is 30.5 Å². The van der Waals surface area contributed by atoms with Crippen LogP contribution in [0.3, 0.4) is 0 Å². The highest BCUT2D eigenvalue weighted by molar-refractivity contribution is 5.94. The Morgan fingerprint density at radius 2 is 1.42 bits per heavy atom. The van der Waals surface area contributed by atoms with E-state index in [1.807, 2.05) is 23.0 Å². The largest absolute Gasteiger partial charge is 0.379 e. The van der Waals surface area contributed by atoms with Crippen LogP contribution >= 0.6 is 0 Å². The second-order valence-corrected chi connectivity index (χ2v) is 15.0. The number of amides is 3. The number of unbranched alkanes of at least 4 members (excludes halogenated alkanes) is 6. The molecule has 0 aliphatic heterocycles. The molecule has 0 spiro atoms. The van der Waals surface area contributed by atoms with Crippen molar-refractivity contribution >= 4 is 17.7 Å². The number of nitrogens with one attached hydrogen (secondary N) is 3. The molecule has 3 amide bonds. The van der Waals surface area contributed by atoms with Gasteiger partial charge in [-0.2, -0.15) is 0 Å². The summed E-state index contributed by atoms with van der Waals surface area (Å²) in [5, 5.41) is 23.1. The predicted octanol–water partition coefficient (Wildman–Crippen LogP) is 5.45. The van der Waals surface area contributed by atoms with Gasteiger partial charge in [-0.25, -0.2) is 5.48 Å². The third kappa shape index (κ3) is 12.2. The lowest BCUT2D eigenvalue weighted by molar-refractivity contribution is -0.130. The molecule has 0 atom stereocenters. The second kappa shape index (κ2) is 19.9. The van der Waals surface area contributed by atoms with Gasteiger partial charge >= 0.3 is 0 Å². The fourth-order valence-electron chi connectivity index (χ4n) is 8.78. The molecule has 6 rings (SSSR count). The predicted molar refractivity (Wildman–Crippen MR) is 189 cm³/mol. The van der Waals surface area contributed by atoms with Crippen LogP contribution in [0.5, 0.6) is 0 Å². The monoisotopic (exact) mass is 694 g/mol. The highest BCUT2D eigenvalue weighted by atomic mass is 16.5. The topological polar surface area (TPSA) is 157 Å². The summed E-state index contributed by atoms with van der Waals surface area (Å²) in [5.41, 5.74) is 4.22. The lowest BCUT2D eigenvalue weighted by Gasteiger charge is -2.56. The summed E-state index contributed by atoms with van der Waals surface area (Å²) in [6, 6.07) is 7.38. The zero-order valence-electron chi connectivity index (χ0n) is 29.7. The molecule has 12 heteroatoms. The van der Waals surface area contributed by atoms with Crippen LogP contribution in [0.2, 0.25) is 0 Å². The minimum absolute atomic E-state index is 0.114. The number of aryl methyl sites for hydroxylation is 1. The van der Waals surface area contributed by atoms with E-state index in [2.05, 4.69) is 20.9 Å². The molecular weight excluding hydrogens is 636 g/mol. The SMILES string of the molecule is O=C(CCCCCCNC(=O)c1ccc(-c2cn(CCCCCCOCCOCCNC(=O)CC34CC5CC(CC(C5)C3)C4)nn2)cc1)NO. The molecule has 4 aliphatic carbocycles. The number of benzene rings is 1. The third-order valence-electron chi connectivity index (χ3n) is 10.8. The van der Waals surface area contributed by atoms with E-state index in [0.717, 1.165) is 87.1 Å². The molecule has 1 heterocycles. The van der Waals surface area contributed by atoms with Crippen molar-refractivity contribution in [1.82, 2.24) is 31.1 Å². The highest BCUT2D eigenvalue weighted by Crippen LogP contribution is 2.61. The summed E-state index contributed by atoms with van der Waals surface area (Å²) in [7, 11) is 0. The zero-order chi connectivity index (χ0) is 35.0. The molecule has 2 aromatic rings. The van der Waals surface area contributed by atoms with Crippen LogP contribution in [0.4, 0.5) is 0 Å². The Bertz CT molecular complexity index is 1310. The van der Waals surface area contributed by atoms with E-state index in [0.29, 0.717) is 63.2 Å². The van der Waals surface area contributed by atoms with Crippen LogP contribution in [0.1, 0.15) is 113 Å². The van der Waals surface area contributed by atoms with Gasteiger partial charge < -0.3 is 20.1 Å². The quantitative estimate of drug-likeness (QED) is 0.0643. The van der Waals surface area contributed by atoms with Gasteiger partial charge in [-0.15, -0.1) is 5.10 Å². The number of rotatable bonds is 24. The standard InChI is InChI=1S/C38H58N6O6/c45-35(42-48)9-5-1-2-6-14-40-37(47)33-12-10-32(11-13-33)34-28-44(43-41-34)16-7-3-4-8-17-49-19-20-50-18-15-39-36(46)27-38-24-29-21-30(25-38)23-31(22-29)26-38/h10-13,28-31,48H,1-9,14-27H2,(H,39,46)(H,40,47)(H,42,45). The van der Waals surface area contributed by atoms with E-state index in [1.165, 1.54) is 38.5 Å². The first-order valence-electron chi connectivity index (χ1n) is 19.1. The van der Waals surface area contributed by atoms with E-state index in [-0.39, 0.29) is 17.7 Å². The number of aromatic nitrogens is 3. The molecule has 50 heavy (non-hydrogen) atoms. The fraction of sp³-hybridized carbons (Fsp3) is 0.711. The average molecular weight is 695 g/mol. The molecule has 4 aliphatic rings. The molecule has 4 bridgehead atoms. The number of hydrogen-bond donors (Lipinski definition) is 4. The number of carbonyl (C=O) groups is 3. The average Bonchev–Trinajstić information content (AvgIpc) is 3.58. The van der Waals surface area contributed by atoms with Crippen molar-refractivity contribution in [2.45, 2.75) is 109 Å². The molecule has 1 aromatic carbocycles. The van der Waals surface area contributed by atoms with Gasteiger partial charge in [0, 0.05) is 50.2 Å². The minimum Gasteiger partial charge on any atom is -0.379 e. The molecule has 4 fully saturated rings. The number of hydrogen-bond acceptors (Lipinski definition) is 8. The normalized spacial score (nSPS) is 22.1. The summed E-state index contributed by atoms with van der Waals surface area (Å²) in [5.74, 6) is 2.36. The van der Waals surface area contributed by atoms with Crippen molar-refractivity contribution in [2.75, 3.05) is 39.5 Å². The highest BCUT2D eigenvalue weighted by Gasteiger charge is 2.51. The Morgan fingerprint density at radius 3 is 2.14 bits per heavy atom. The maximum absolute atomic E-state index is 12.6. The van der Waals surface area contributed by atoms with E-state index in [4.69, 9.17) is 14.7 Å². The zero-order valence-corrected chi connectivity index (χ0v) is 29.7. The Kier molecular flexibility index (Phi) is 15.1. The molecule has 0 saturated heterocycles. The fourth-order valence-corrected chi connectivity index (χ4v) is 8.78. The van der Waals surface area contributed by atoms with Crippen molar-refractivity contribution in [3.8, 4) is 11.3 Å². The van der Waals surface area contributed by atoms with Crippen LogP contribution in [-0.2, 0) is 25.6 Å². The second-order valence-electron chi connectivity index (χ2n) is 15.0. The molecule has 1 aromatic heterocycles. The van der Waals surface area contributed by atoms with Crippen molar-refractivity contribution in [3.05, 3.63) is 36.0 Å². The van der Waals surface area contributed by atoms with Gasteiger partial charge in [0.2, 0.25) is 11.8 Å². The van der Waals surface area contributed by atoms with E-state index >= 15 is 0 Å². The lowest BCUT2D eigenvalue weighted by atomic mass is 9.49. The van der Waals surface area contributed by atoms with Crippen LogP contribution < -0.4 is 16.1 Å². The molecule has 12 nitrogen and oxygen atoms in total. The van der Waals surface area contributed by atoms with Gasteiger partial charge in [0.05, 0.1) is 26.0 Å². The van der Waals surface area contributed by atoms with Gasteiger partial charge in [-0.1, -0.05) is 43.0 Å². The molecule has 0 radical (unpaired) electrons. The molecule has 4 N–H and O–H groups in total. The molecule has 0 unspecified atom stereocenters. The molecular formula is C38H58N6O6. The maximum Gasteiger partial charge on any atom is 0.251 e. The van der Waals surface area contributed by atoms with Gasteiger partial charge in [-0.05, 0) is 99.5 Å². The van der Waals surface area contributed by atoms with Gasteiger partial charge in [-0.3, -0.25) is 24.3 Å². The van der Waals surface area contributed by atoms with E-state index < -0.39 is 0 Å². The Balaban J connectivity index is 0.822. The summed E-state index contributed by atoms with van der Waals surface area (Å²) >= 11 is 0. The van der Waals surface area contributed by atoms with Crippen molar-refractivity contribution in [1.29, 1.82) is 0 Å². The van der Waals surface area contributed by atoms with Gasteiger partial charge in [0.15, 0.2) is 0 Å². The van der Waals surface area contributed by atoms with Crippen LogP contribution in [0.25, 0.3) is 11.3 Å². The lowest BCUT2D eigenvalue weighted by Crippen LogP contribution is -2.48. The Hall–Kier alpha value is -3.35. The van der Waals surface area contributed by atoms with Crippen molar-refractivity contribution < 1.29 is 29.1 Å². The van der Waals surface area contributed by atoms with E-state index in [1.54, 1.807) is 17.6 Å². The third-order valence-corrected chi connectivity index (χ3v) is 10.8. The first-order valence-corrected chi connectivity index (χ1v) is 19.1. The summed E-state index contributed by atoms with van der Waals surface area (Å²) < 4.78 is 13.3. The first kappa shape index (κ1) is 37.9. The summed E-state index contributed by atoms with van der Waals surface area (Å²) in [4.78, 5) is 36.1. The van der Waals surface area contributed by atoms with Gasteiger partial charge in [0.1, 0.15) is 5.69 Å².